The second-order valence-electron chi connectivity index (χ2n) is 7.35. The van der Waals surface area contributed by atoms with Crippen LogP contribution in [0, 0.1) is 11.3 Å². The van der Waals surface area contributed by atoms with Gasteiger partial charge in [0.25, 0.3) is 5.56 Å². The molecule has 0 fully saturated rings. The Kier molecular flexibility index (Phi) is 4.75. The van der Waals surface area contributed by atoms with Gasteiger partial charge < -0.3 is 10.1 Å². The number of carboxylic acids is 1. The standard InChI is InChI=1S/C17H22N2O3S2/c1-17(2,3)9-4-5-10-11(8-9)24-15-13(10)14(22)18-16(19-15)23-7-6-12(20)21/h9H,4-8H2,1-3H3,(H,20,21)(H,18,19,22). The maximum Gasteiger partial charge on any atom is 0.304 e. The third-order valence-corrected chi connectivity index (χ3v) is 6.70. The Bertz CT molecular complexity index is 833. The zero-order valence-electron chi connectivity index (χ0n) is 14.1. The number of nitrogens with zero attached hydrogens (tertiary/aromatic N) is 1. The molecule has 0 radical (unpaired) electrons. The summed E-state index contributed by atoms with van der Waals surface area (Å²) in [6.07, 6.45) is 3.12. The molecule has 1 aliphatic carbocycles. The van der Waals surface area contributed by atoms with Gasteiger partial charge in [-0.15, -0.1) is 11.3 Å². The van der Waals surface area contributed by atoms with E-state index in [9.17, 15) is 9.59 Å². The van der Waals surface area contributed by atoms with Crippen molar-refractivity contribution in [1.29, 1.82) is 0 Å². The molecule has 0 saturated carbocycles. The minimum Gasteiger partial charge on any atom is -0.481 e. The second-order valence-corrected chi connectivity index (χ2v) is 9.52. The van der Waals surface area contributed by atoms with Crippen LogP contribution in [0.1, 0.15) is 44.1 Å². The predicted octanol–water partition coefficient (Wildman–Crippen LogP) is 3.70. The van der Waals surface area contributed by atoms with Crippen LogP contribution in [0.15, 0.2) is 9.95 Å². The number of carbonyl (C=O) groups is 1. The highest BCUT2D eigenvalue weighted by atomic mass is 32.2. The molecule has 2 aromatic heterocycles. The molecule has 0 amide bonds. The van der Waals surface area contributed by atoms with E-state index in [4.69, 9.17) is 5.11 Å². The average Bonchev–Trinajstić information content (AvgIpc) is 2.83. The summed E-state index contributed by atoms with van der Waals surface area (Å²) >= 11 is 2.91. The van der Waals surface area contributed by atoms with Crippen LogP contribution < -0.4 is 5.56 Å². The largest absolute Gasteiger partial charge is 0.481 e. The molecule has 1 atom stereocenters. The number of aromatic nitrogens is 2. The third kappa shape index (κ3) is 3.52. The van der Waals surface area contributed by atoms with Gasteiger partial charge in [-0.1, -0.05) is 32.5 Å². The van der Waals surface area contributed by atoms with Crippen molar-refractivity contribution in [2.24, 2.45) is 11.3 Å². The number of hydrogen-bond donors (Lipinski definition) is 2. The highest BCUT2D eigenvalue weighted by Gasteiger charge is 2.31. The van der Waals surface area contributed by atoms with Gasteiger partial charge in [0, 0.05) is 10.6 Å². The molecule has 7 heteroatoms. The normalized spacial score (nSPS) is 17.9. The van der Waals surface area contributed by atoms with E-state index < -0.39 is 5.97 Å². The van der Waals surface area contributed by atoms with Gasteiger partial charge in [0.05, 0.1) is 11.8 Å². The fourth-order valence-corrected chi connectivity index (χ4v) is 5.36. The number of thioether (sulfide) groups is 1. The summed E-state index contributed by atoms with van der Waals surface area (Å²) < 4.78 is 0. The first-order valence-electron chi connectivity index (χ1n) is 8.15. The van der Waals surface area contributed by atoms with Crippen molar-refractivity contribution in [3.05, 3.63) is 20.8 Å². The molecule has 3 rings (SSSR count). The smallest absolute Gasteiger partial charge is 0.304 e. The van der Waals surface area contributed by atoms with E-state index in [1.807, 2.05) is 0 Å². The molecule has 1 unspecified atom stereocenters. The number of carboxylic acid groups (broad SMARTS) is 1. The highest BCUT2D eigenvalue weighted by Crippen LogP contribution is 2.42. The molecule has 0 aliphatic heterocycles. The molecule has 0 saturated heterocycles. The summed E-state index contributed by atoms with van der Waals surface area (Å²) in [7, 11) is 0. The zero-order chi connectivity index (χ0) is 17.5. The van der Waals surface area contributed by atoms with Gasteiger partial charge >= 0.3 is 5.97 Å². The first-order valence-corrected chi connectivity index (χ1v) is 9.95. The van der Waals surface area contributed by atoms with Crippen LogP contribution in [0.3, 0.4) is 0 Å². The van der Waals surface area contributed by atoms with Crippen molar-refractivity contribution >= 4 is 39.3 Å². The van der Waals surface area contributed by atoms with Gasteiger partial charge in [-0.3, -0.25) is 9.59 Å². The summed E-state index contributed by atoms with van der Waals surface area (Å²) in [5, 5.41) is 9.97. The van der Waals surface area contributed by atoms with Crippen LogP contribution in [0.4, 0.5) is 0 Å². The Balaban J connectivity index is 1.91. The number of aromatic amines is 1. The van der Waals surface area contributed by atoms with E-state index in [1.54, 1.807) is 11.3 Å². The number of fused-ring (bicyclic) bond motifs is 3. The van der Waals surface area contributed by atoms with E-state index in [1.165, 1.54) is 22.2 Å². The number of thiophene rings is 1. The summed E-state index contributed by atoms with van der Waals surface area (Å²) in [6, 6.07) is 0. The molecular formula is C17H22N2O3S2. The van der Waals surface area contributed by atoms with Gasteiger partial charge in [0.15, 0.2) is 5.16 Å². The fraction of sp³-hybridized carbons (Fsp3) is 0.588. The lowest BCUT2D eigenvalue weighted by Gasteiger charge is -2.33. The summed E-state index contributed by atoms with van der Waals surface area (Å²) in [6.45, 7) is 6.83. The maximum absolute atomic E-state index is 12.5. The molecule has 0 aromatic carbocycles. The quantitative estimate of drug-likeness (QED) is 0.637. The average molecular weight is 367 g/mol. The first kappa shape index (κ1) is 17.5. The molecule has 1 aliphatic rings. The summed E-state index contributed by atoms with van der Waals surface area (Å²) in [5.41, 5.74) is 1.35. The molecule has 2 aromatic rings. The number of nitrogens with one attached hydrogen (secondary N) is 1. The predicted molar refractivity (Wildman–Crippen MR) is 98.2 cm³/mol. The Morgan fingerprint density at radius 2 is 2.21 bits per heavy atom. The Morgan fingerprint density at radius 1 is 1.46 bits per heavy atom. The topological polar surface area (TPSA) is 83.0 Å². The Morgan fingerprint density at radius 3 is 2.88 bits per heavy atom. The van der Waals surface area contributed by atoms with Crippen LogP contribution in [0.25, 0.3) is 10.2 Å². The molecule has 2 N–H and O–H groups in total. The molecule has 24 heavy (non-hydrogen) atoms. The van der Waals surface area contributed by atoms with Gasteiger partial charge in [-0.2, -0.15) is 0 Å². The lowest BCUT2D eigenvalue weighted by atomic mass is 9.72. The molecule has 130 valence electrons. The fourth-order valence-electron chi connectivity index (χ4n) is 3.21. The number of H-pyrrole nitrogens is 1. The van der Waals surface area contributed by atoms with Crippen molar-refractivity contribution in [3.8, 4) is 0 Å². The Labute approximate surface area is 148 Å². The first-order chi connectivity index (χ1) is 11.3. The zero-order valence-corrected chi connectivity index (χ0v) is 15.8. The summed E-state index contributed by atoms with van der Waals surface area (Å²) in [4.78, 5) is 32.6. The maximum atomic E-state index is 12.5. The van der Waals surface area contributed by atoms with Crippen LogP contribution >= 0.6 is 23.1 Å². The van der Waals surface area contributed by atoms with Crippen molar-refractivity contribution in [2.75, 3.05) is 5.75 Å². The van der Waals surface area contributed by atoms with E-state index in [0.29, 0.717) is 16.8 Å². The number of aliphatic carboxylic acids is 1. The molecule has 0 spiro atoms. The van der Waals surface area contributed by atoms with Gasteiger partial charge in [-0.05, 0) is 36.2 Å². The molecule has 5 nitrogen and oxygen atoms in total. The molecule has 2 heterocycles. The third-order valence-electron chi connectivity index (χ3n) is 4.68. The number of aryl methyl sites for hydroxylation is 1. The second kappa shape index (κ2) is 6.52. The van der Waals surface area contributed by atoms with E-state index in [2.05, 4.69) is 30.7 Å². The monoisotopic (exact) mass is 366 g/mol. The van der Waals surface area contributed by atoms with Crippen LogP contribution in [-0.2, 0) is 17.6 Å². The van der Waals surface area contributed by atoms with Crippen LogP contribution in [0.5, 0.6) is 0 Å². The van der Waals surface area contributed by atoms with Crippen molar-refractivity contribution < 1.29 is 9.90 Å². The van der Waals surface area contributed by atoms with Crippen molar-refractivity contribution in [3.63, 3.8) is 0 Å². The lowest BCUT2D eigenvalue weighted by Crippen LogP contribution is -2.26. The summed E-state index contributed by atoms with van der Waals surface area (Å²) in [5.74, 6) is 0.188. The van der Waals surface area contributed by atoms with Crippen LogP contribution in [0.2, 0.25) is 0 Å². The van der Waals surface area contributed by atoms with Crippen LogP contribution in [-0.4, -0.2) is 26.8 Å². The van der Waals surface area contributed by atoms with Gasteiger partial charge in [-0.25, -0.2) is 4.98 Å². The number of rotatable bonds is 4. The van der Waals surface area contributed by atoms with Crippen molar-refractivity contribution in [1.82, 2.24) is 9.97 Å². The molecular weight excluding hydrogens is 344 g/mol. The van der Waals surface area contributed by atoms with E-state index >= 15 is 0 Å². The Hall–Kier alpha value is -1.34. The SMILES string of the molecule is CC(C)(C)C1CCc2c(sc3nc(SCCC(=O)O)[nH]c(=O)c23)C1. The van der Waals surface area contributed by atoms with E-state index in [0.717, 1.165) is 29.5 Å². The minimum atomic E-state index is -0.842. The highest BCUT2D eigenvalue weighted by molar-refractivity contribution is 7.99. The van der Waals surface area contributed by atoms with Crippen molar-refractivity contribution in [2.45, 2.75) is 51.6 Å². The van der Waals surface area contributed by atoms with Gasteiger partial charge in [0.1, 0.15) is 4.83 Å². The minimum absolute atomic E-state index is 0.0562. The molecule has 0 bridgehead atoms. The van der Waals surface area contributed by atoms with E-state index in [-0.39, 0.29) is 17.4 Å². The lowest BCUT2D eigenvalue weighted by molar-refractivity contribution is -0.136. The van der Waals surface area contributed by atoms with Gasteiger partial charge in [0.2, 0.25) is 0 Å². The number of hydrogen-bond acceptors (Lipinski definition) is 5.